The standard InChI is InChI=1S/C14H22ClNO3/c1-5-8-19-13-7-6-11(9-12(13)15)16-10(2)14(17-3)18-4/h6-7,9-10,14,16H,5,8H2,1-4H3. The summed E-state index contributed by atoms with van der Waals surface area (Å²) in [7, 11) is 3.22. The van der Waals surface area contributed by atoms with Crippen molar-refractivity contribution in [2.24, 2.45) is 0 Å². The average Bonchev–Trinajstić information content (AvgIpc) is 2.39. The Kier molecular flexibility index (Phi) is 6.99. The van der Waals surface area contributed by atoms with Gasteiger partial charge in [-0.2, -0.15) is 0 Å². The minimum atomic E-state index is -0.310. The Balaban J connectivity index is 2.67. The van der Waals surface area contributed by atoms with E-state index in [4.69, 9.17) is 25.8 Å². The maximum absolute atomic E-state index is 6.17. The molecular formula is C14H22ClNO3. The Bertz CT molecular complexity index is 383. The third-order valence-electron chi connectivity index (χ3n) is 2.66. The molecule has 0 bridgehead atoms. The van der Waals surface area contributed by atoms with E-state index in [0.717, 1.165) is 12.1 Å². The van der Waals surface area contributed by atoms with E-state index in [0.29, 0.717) is 17.4 Å². The highest BCUT2D eigenvalue weighted by atomic mass is 35.5. The molecule has 0 heterocycles. The van der Waals surface area contributed by atoms with Crippen molar-refractivity contribution >= 4 is 17.3 Å². The number of methoxy groups -OCH3 is 2. The lowest BCUT2D eigenvalue weighted by molar-refractivity contribution is -0.109. The summed E-state index contributed by atoms with van der Waals surface area (Å²) < 4.78 is 15.9. The van der Waals surface area contributed by atoms with Crippen LogP contribution in [0, 0.1) is 0 Å². The van der Waals surface area contributed by atoms with Crippen molar-refractivity contribution in [3.05, 3.63) is 23.2 Å². The number of hydrogen-bond acceptors (Lipinski definition) is 4. The lowest BCUT2D eigenvalue weighted by Gasteiger charge is -2.23. The second-order valence-electron chi connectivity index (χ2n) is 4.27. The molecule has 1 atom stereocenters. The van der Waals surface area contributed by atoms with Gasteiger partial charge in [0.1, 0.15) is 5.75 Å². The average molecular weight is 288 g/mol. The van der Waals surface area contributed by atoms with Crippen LogP contribution in [-0.4, -0.2) is 33.2 Å². The second-order valence-corrected chi connectivity index (χ2v) is 4.67. The summed E-state index contributed by atoms with van der Waals surface area (Å²) in [5.74, 6) is 0.705. The van der Waals surface area contributed by atoms with Crippen LogP contribution in [0.5, 0.6) is 5.75 Å². The summed E-state index contributed by atoms with van der Waals surface area (Å²) in [6, 6.07) is 5.64. The minimum absolute atomic E-state index is 0.00785. The first kappa shape index (κ1) is 16.1. The summed E-state index contributed by atoms with van der Waals surface area (Å²) >= 11 is 6.17. The van der Waals surface area contributed by atoms with E-state index >= 15 is 0 Å². The molecule has 0 aliphatic rings. The summed E-state index contributed by atoms with van der Waals surface area (Å²) in [6.45, 7) is 4.70. The summed E-state index contributed by atoms with van der Waals surface area (Å²) in [4.78, 5) is 0. The van der Waals surface area contributed by atoms with Gasteiger partial charge in [-0.15, -0.1) is 0 Å². The molecule has 5 heteroatoms. The number of anilines is 1. The van der Waals surface area contributed by atoms with Gasteiger partial charge >= 0.3 is 0 Å². The van der Waals surface area contributed by atoms with Gasteiger partial charge in [-0.05, 0) is 31.5 Å². The molecule has 1 aromatic rings. The second kappa shape index (κ2) is 8.25. The maximum Gasteiger partial charge on any atom is 0.176 e. The molecule has 4 nitrogen and oxygen atoms in total. The fourth-order valence-electron chi connectivity index (χ4n) is 1.76. The predicted molar refractivity (Wildman–Crippen MR) is 78.1 cm³/mol. The van der Waals surface area contributed by atoms with Crippen molar-refractivity contribution in [1.82, 2.24) is 0 Å². The smallest absolute Gasteiger partial charge is 0.176 e. The van der Waals surface area contributed by atoms with Gasteiger partial charge < -0.3 is 19.5 Å². The van der Waals surface area contributed by atoms with Crippen molar-refractivity contribution in [3.8, 4) is 5.75 Å². The van der Waals surface area contributed by atoms with E-state index in [9.17, 15) is 0 Å². The van der Waals surface area contributed by atoms with Crippen LogP contribution in [-0.2, 0) is 9.47 Å². The van der Waals surface area contributed by atoms with Gasteiger partial charge in [-0.3, -0.25) is 0 Å². The number of nitrogens with one attached hydrogen (secondary N) is 1. The van der Waals surface area contributed by atoms with E-state index in [-0.39, 0.29) is 12.3 Å². The molecule has 1 rings (SSSR count). The quantitative estimate of drug-likeness (QED) is 0.742. The Morgan fingerprint density at radius 1 is 1.26 bits per heavy atom. The van der Waals surface area contributed by atoms with Gasteiger partial charge in [-0.25, -0.2) is 0 Å². The van der Waals surface area contributed by atoms with Crippen LogP contribution in [0.2, 0.25) is 5.02 Å². The van der Waals surface area contributed by atoms with Gasteiger partial charge in [0.15, 0.2) is 6.29 Å². The molecule has 0 spiro atoms. The highest BCUT2D eigenvalue weighted by Gasteiger charge is 2.15. The Hall–Kier alpha value is -0.970. The molecule has 0 aliphatic carbocycles. The van der Waals surface area contributed by atoms with Crippen LogP contribution in [0.15, 0.2) is 18.2 Å². The molecule has 1 unspecified atom stereocenters. The van der Waals surface area contributed by atoms with Crippen molar-refractivity contribution in [3.63, 3.8) is 0 Å². The fourth-order valence-corrected chi connectivity index (χ4v) is 1.99. The zero-order valence-corrected chi connectivity index (χ0v) is 12.7. The Labute approximate surface area is 120 Å². The molecule has 0 radical (unpaired) electrons. The van der Waals surface area contributed by atoms with Crippen LogP contribution >= 0.6 is 11.6 Å². The van der Waals surface area contributed by atoms with Crippen molar-refractivity contribution in [1.29, 1.82) is 0 Å². The number of ether oxygens (including phenoxy) is 3. The molecular weight excluding hydrogens is 266 g/mol. The van der Waals surface area contributed by atoms with Crippen molar-refractivity contribution in [2.45, 2.75) is 32.6 Å². The molecule has 0 saturated heterocycles. The zero-order chi connectivity index (χ0) is 14.3. The highest BCUT2D eigenvalue weighted by Crippen LogP contribution is 2.28. The predicted octanol–water partition coefficient (Wildman–Crippen LogP) is 3.55. The summed E-state index contributed by atoms with van der Waals surface area (Å²) in [5, 5.41) is 3.87. The van der Waals surface area contributed by atoms with Crippen LogP contribution in [0.25, 0.3) is 0 Å². The van der Waals surface area contributed by atoms with Gasteiger partial charge in [0.25, 0.3) is 0 Å². The van der Waals surface area contributed by atoms with Crippen molar-refractivity contribution in [2.75, 3.05) is 26.1 Å². The van der Waals surface area contributed by atoms with E-state index in [1.54, 1.807) is 14.2 Å². The van der Waals surface area contributed by atoms with Crippen LogP contribution in [0.1, 0.15) is 20.3 Å². The lowest BCUT2D eigenvalue weighted by Crippen LogP contribution is -2.33. The van der Waals surface area contributed by atoms with Crippen LogP contribution < -0.4 is 10.1 Å². The molecule has 0 amide bonds. The first-order valence-electron chi connectivity index (χ1n) is 6.36. The monoisotopic (exact) mass is 287 g/mol. The minimum Gasteiger partial charge on any atom is -0.492 e. The van der Waals surface area contributed by atoms with E-state index in [2.05, 4.69) is 12.2 Å². The zero-order valence-electron chi connectivity index (χ0n) is 11.9. The number of benzene rings is 1. The van der Waals surface area contributed by atoms with Gasteiger partial charge in [0.2, 0.25) is 0 Å². The lowest BCUT2D eigenvalue weighted by atomic mass is 10.2. The third-order valence-corrected chi connectivity index (χ3v) is 2.96. The largest absolute Gasteiger partial charge is 0.492 e. The molecule has 19 heavy (non-hydrogen) atoms. The number of halogens is 1. The van der Waals surface area contributed by atoms with Gasteiger partial charge in [0, 0.05) is 19.9 Å². The summed E-state index contributed by atoms with van der Waals surface area (Å²) in [6.07, 6.45) is 0.645. The normalized spacial score (nSPS) is 12.5. The van der Waals surface area contributed by atoms with E-state index < -0.39 is 0 Å². The number of rotatable bonds is 8. The molecule has 1 N–H and O–H groups in total. The number of hydrogen-bond donors (Lipinski definition) is 1. The first-order chi connectivity index (χ1) is 9.12. The highest BCUT2D eigenvalue weighted by molar-refractivity contribution is 6.32. The molecule has 0 aliphatic heterocycles. The summed E-state index contributed by atoms with van der Waals surface area (Å²) in [5.41, 5.74) is 0.903. The van der Waals surface area contributed by atoms with Gasteiger partial charge in [0.05, 0.1) is 17.7 Å². The molecule has 0 fully saturated rings. The Morgan fingerprint density at radius 2 is 1.95 bits per heavy atom. The van der Waals surface area contributed by atoms with Gasteiger partial charge in [-0.1, -0.05) is 18.5 Å². The topological polar surface area (TPSA) is 39.7 Å². The third kappa shape index (κ3) is 4.90. The molecule has 1 aromatic carbocycles. The van der Waals surface area contributed by atoms with Crippen LogP contribution in [0.4, 0.5) is 5.69 Å². The molecule has 0 aromatic heterocycles. The Morgan fingerprint density at radius 3 is 2.47 bits per heavy atom. The first-order valence-corrected chi connectivity index (χ1v) is 6.74. The molecule has 108 valence electrons. The molecule has 0 saturated carbocycles. The van der Waals surface area contributed by atoms with Crippen LogP contribution in [0.3, 0.4) is 0 Å². The fraction of sp³-hybridized carbons (Fsp3) is 0.571. The SMILES string of the molecule is CCCOc1ccc(NC(C)C(OC)OC)cc1Cl. The maximum atomic E-state index is 6.17. The van der Waals surface area contributed by atoms with E-state index in [1.807, 2.05) is 25.1 Å². The van der Waals surface area contributed by atoms with E-state index in [1.165, 1.54) is 0 Å². The van der Waals surface area contributed by atoms with Crippen molar-refractivity contribution < 1.29 is 14.2 Å².